The second-order valence-corrected chi connectivity index (χ2v) is 4.94. The maximum absolute atomic E-state index is 10.6. The SMILES string of the molecule is CCN(CC)c1ccc(/C=N\Nc2ccc([N+](=O)[O-])cc2)cc1. The number of non-ortho nitro benzene ring substituents is 1. The van der Waals surface area contributed by atoms with Crippen LogP contribution < -0.4 is 10.3 Å². The molecule has 0 radical (unpaired) electrons. The van der Waals surface area contributed by atoms with E-state index in [9.17, 15) is 10.1 Å². The Morgan fingerprint density at radius 1 is 1.09 bits per heavy atom. The first kappa shape index (κ1) is 16.5. The lowest BCUT2D eigenvalue weighted by molar-refractivity contribution is -0.384. The topological polar surface area (TPSA) is 70.8 Å². The van der Waals surface area contributed by atoms with Crippen molar-refractivity contribution in [2.24, 2.45) is 5.10 Å². The quantitative estimate of drug-likeness (QED) is 0.478. The van der Waals surface area contributed by atoms with Crippen LogP contribution in [0.1, 0.15) is 19.4 Å². The van der Waals surface area contributed by atoms with Crippen LogP contribution in [0.25, 0.3) is 0 Å². The van der Waals surface area contributed by atoms with Crippen LogP contribution in [-0.4, -0.2) is 24.2 Å². The van der Waals surface area contributed by atoms with E-state index in [0.717, 1.165) is 18.7 Å². The maximum Gasteiger partial charge on any atom is 0.269 e. The van der Waals surface area contributed by atoms with Crippen LogP contribution in [0.15, 0.2) is 53.6 Å². The van der Waals surface area contributed by atoms with E-state index in [1.165, 1.54) is 17.8 Å². The van der Waals surface area contributed by atoms with E-state index in [4.69, 9.17) is 0 Å². The van der Waals surface area contributed by atoms with Crippen LogP contribution in [0.3, 0.4) is 0 Å². The lowest BCUT2D eigenvalue weighted by atomic mass is 10.2. The molecule has 0 saturated carbocycles. The Kier molecular flexibility index (Phi) is 5.68. The highest BCUT2D eigenvalue weighted by Crippen LogP contribution is 2.16. The van der Waals surface area contributed by atoms with Gasteiger partial charge >= 0.3 is 0 Å². The second-order valence-electron chi connectivity index (χ2n) is 4.94. The smallest absolute Gasteiger partial charge is 0.269 e. The van der Waals surface area contributed by atoms with Crippen molar-refractivity contribution in [2.45, 2.75) is 13.8 Å². The summed E-state index contributed by atoms with van der Waals surface area (Å²) >= 11 is 0. The number of nitrogens with zero attached hydrogens (tertiary/aromatic N) is 3. The van der Waals surface area contributed by atoms with Gasteiger partial charge in [-0.3, -0.25) is 15.5 Å². The molecule has 0 aliphatic heterocycles. The third-order valence-electron chi connectivity index (χ3n) is 3.51. The molecule has 0 spiro atoms. The van der Waals surface area contributed by atoms with Gasteiger partial charge in [0, 0.05) is 30.9 Å². The maximum atomic E-state index is 10.6. The third-order valence-corrected chi connectivity index (χ3v) is 3.51. The van der Waals surface area contributed by atoms with Crippen LogP contribution in [0, 0.1) is 10.1 Å². The third kappa shape index (κ3) is 4.54. The van der Waals surface area contributed by atoms with Gasteiger partial charge in [0.05, 0.1) is 16.8 Å². The van der Waals surface area contributed by atoms with Gasteiger partial charge in [-0.05, 0) is 43.7 Å². The molecule has 0 bridgehead atoms. The summed E-state index contributed by atoms with van der Waals surface area (Å²) in [5, 5.41) is 14.7. The predicted molar refractivity (Wildman–Crippen MR) is 94.3 cm³/mol. The molecule has 0 fully saturated rings. The van der Waals surface area contributed by atoms with Gasteiger partial charge in [-0.1, -0.05) is 12.1 Å². The van der Waals surface area contributed by atoms with E-state index in [-0.39, 0.29) is 5.69 Å². The Labute approximate surface area is 135 Å². The molecule has 23 heavy (non-hydrogen) atoms. The molecular weight excluding hydrogens is 292 g/mol. The van der Waals surface area contributed by atoms with Crippen molar-refractivity contribution in [2.75, 3.05) is 23.4 Å². The van der Waals surface area contributed by atoms with Gasteiger partial charge in [0.15, 0.2) is 0 Å². The highest BCUT2D eigenvalue weighted by molar-refractivity contribution is 5.81. The largest absolute Gasteiger partial charge is 0.372 e. The highest BCUT2D eigenvalue weighted by atomic mass is 16.6. The second kappa shape index (κ2) is 7.93. The summed E-state index contributed by atoms with van der Waals surface area (Å²) in [6, 6.07) is 14.3. The van der Waals surface area contributed by atoms with Crippen molar-refractivity contribution in [3.8, 4) is 0 Å². The molecule has 2 rings (SSSR count). The molecule has 0 saturated heterocycles. The number of hydrogen-bond donors (Lipinski definition) is 1. The molecular formula is C17H20N4O2. The fraction of sp³-hybridized carbons (Fsp3) is 0.235. The van der Waals surface area contributed by atoms with E-state index >= 15 is 0 Å². The minimum absolute atomic E-state index is 0.0616. The number of rotatable bonds is 7. The molecule has 0 aliphatic rings. The average molecular weight is 312 g/mol. The van der Waals surface area contributed by atoms with Crippen LogP contribution in [-0.2, 0) is 0 Å². The number of nitro benzene ring substituents is 1. The van der Waals surface area contributed by atoms with Gasteiger partial charge in [0.2, 0.25) is 0 Å². The fourth-order valence-electron chi connectivity index (χ4n) is 2.20. The Balaban J connectivity index is 1.96. The van der Waals surface area contributed by atoms with Crippen molar-refractivity contribution in [1.82, 2.24) is 0 Å². The number of hydrogen-bond acceptors (Lipinski definition) is 5. The summed E-state index contributed by atoms with van der Waals surface area (Å²) in [5.74, 6) is 0. The average Bonchev–Trinajstić information content (AvgIpc) is 2.58. The summed E-state index contributed by atoms with van der Waals surface area (Å²) in [6.07, 6.45) is 1.72. The van der Waals surface area contributed by atoms with E-state index < -0.39 is 4.92 Å². The lowest BCUT2D eigenvalue weighted by Crippen LogP contribution is -2.21. The van der Waals surface area contributed by atoms with Gasteiger partial charge in [-0.2, -0.15) is 5.10 Å². The van der Waals surface area contributed by atoms with Gasteiger partial charge < -0.3 is 4.90 Å². The van der Waals surface area contributed by atoms with Crippen molar-refractivity contribution in [1.29, 1.82) is 0 Å². The van der Waals surface area contributed by atoms with Crippen LogP contribution in [0.2, 0.25) is 0 Å². The summed E-state index contributed by atoms with van der Waals surface area (Å²) in [7, 11) is 0. The molecule has 6 nitrogen and oxygen atoms in total. The summed E-state index contributed by atoms with van der Waals surface area (Å²) in [4.78, 5) is 12.4. The molecule has 0 atom stereocenters. The van der Waals surface area contributed by atoms with E-state index in [1.54, 1.807) is 18.3 Å². The van der Waals surface area contributed by atoms with E-state index in [2.05, 4.69) is 41.4 Å². The van der Waals surface area contributed by atoms with Crippen molar-refractivity contribution >= 4 is 23.3 Å². The predicted octanol–water partition coefficient (Wildman–Crippen LogP) is 3.89. The first-order chi connectivity index (χ1) is 11.1. The first-order valence-corrected chi connectivity index (χ1v) is 7.52. The normalized spacial score (nSPS) is 10.7. The molecule has 120 valence electrons. The van der Waals surface area contributed by atoms with Crippen molar-refractivity contribution < 1.29 is 4.92 Å². The molecule has 6 heteroatoms. The molecule has 2 aromatic carbocycles. The van der Waals surface area contributed by atoms with E-state index in [1.807, 2.05) is 12.1 Å². The van der Waals surface area contributed by atoms with E-state index in [0.29, 0.717) is 5.69 Å². The zero-order valence-corrected chi connectivity index (χ0v) is 13.3. The molecule has 0 amide bonds. The monoisotopic (exact) mass is 312 g/mol. The number of benzene rings is 2. The van der Waals surface area contributed by atoms with Gasteiger partial charge in [-0.15, -0.1) is 0 Å². The van der Waals surface area contributed by atoms with Gasteiger partial charge in [-0.25, -0.2) is 0 Å². The minimum Gasteiger partial charge on any atom is -0.372 e. The number of nitro groups is 1. The molecule has 1 N–H and O–H groups in total. The van der Waals surface area contributed by atoms with Crippen molar-refractivity contribution in [3.63, 3.8) is 0 Å². The lowest BCUT2D eigenvalue weighted by Gasteiger charge is -2.20. The first-order valence-electron chi connectivity index (χ1n) is 7.52. The molecule has 0 heterocycles. The highest BCUT2D eigenvalue weighted by Gasteiger charge is 2.03. The van der Waals surface area contributed by atoms with Crippen LogP contribution in [0.5, 0.6) is 0 Å². The molecule has 0 aliphatic carbocycles. The Morgan fingerprint density at radius 3 is 2.22 bits per heavy atom. The zero-order chi connectivity index (χ0) is 16.7. The zero-order valence-electron chi connectivity index (χ0n) is 13.3. The molecule has 0 unspecified atom stereocenters. The fourth-order valence-corrected chi connectivity index (χ4v) is 2.20. The summed E-state index contributed by atoms with van der Waals surface area (Å²) in [6.45, 7) is 6.22. The van der Waals surface area contributed by atoms with Crippen molar-refractivity contribution in [3.05, 3.63) is 64.2 Å². The summed E-state index contributed by atoms with van der Waals surface area (Å²) < 4.78 is 0. The number of anilines is 2. The Bertz CT molecular complexity index is 662. The van der Waals surface area contributed by atoms with Gasteiger partial charge in [0.25, 0.3) is 5.69 Å². The molecule has 0 aromatic heterocycles. The van der Waals surface area contributed by atoms with Crippen LogP contribution >= 0.6 is 0 Å². The minimum atomic E-state index is -0.426. The Hall–Kier alpha value is -2.89. The number of nitrogens with one attached hydrogen (secondary N) is 1. The Morgan fingerprint density at radius 2 is 1.70 bits per heavy atom. The van der Waals surface area contributed by atoms with Gasteiger partial charge in [0.1, 0.15) is 0 Å². The standard InChI is InChI=1S/C17H20N4O2/c1-3-20(4-2)16-9-5-14(6-10-16)13-18-19-15-7-11-17(12-8-15)21(22)23/h5-13,19H,3-4H2,1-2H3/b18-13-. The number of hydrazone groups is 1. The summed E-state index contributed by atoms with van der Waals surface area (Å²) in [5.41, 5.74) is 5.79. The van der Waals surface area contributed by atoms with Crippen LogP contribution in [0.4, 0.5) is 17.1 Å². The molecule has 2 aromatic rings.